The predicted molar refractivity (Wildman–Crippen MR) is 143 cm³/mol. The lowest BCUT2D eigenvalue weighted by atomic mass is 9.93. The van der Waals surface area contributed by atoms with E-state index in [2.05, 4.69) is 26.1 Å². The van der Waals surface area contributed by atoms with Gasteiger partial charge in [-0.1, -0.05) is 74.8 Å². The molecule has 4 rings (SSSR count). The summed E-state index contributed by atoms with van der Waals surface area (Å²) < 4.78 is 7.67. The molecule has 1 N–H and O–H groups in total. The van der Waals surface area contributed by atoms with Crippen LogP contribution in [0.5, 0.6) is 5.75 Å². The number of rotatable bonds is 9. The second-order valence-corrected chi connectivity index (χ2v) is 10.5. The van der Waals surface area contributed by atoms with Gasteiger partial charge in [0.2, 0.25) is 0 Å². The number of amides is 1. The number of aromatic nitrogens is 2. The maximum atomic E-state index is 13.3. The quantitative estimate of drug-likeness (QED) is 0.303. The van der Waals surface area contributed by atoms with Gasteiger partial charge in [-0.2, -0.15) is 5.10 Å². The first-order valence-corrected chi connectivity index (χ1v) is 13.2. The number of ether oxygens (including phenoxy) is 1. The zero-order valence-electron chi connectivity index (χ0n) is 20.2. The minimum atomic E-state index is -0.222. The Hall–Kier alpha value is -2.21. The fraction of sp³-hybridized carbons (Fsp3) is 0.407. The third-order valence-electron chi connectivity index (χ3n) is 6.74. The summed E-state index contributed by atoms with van der Waals surface area (Å²) in [5.41, 5.74) is 3.24. The van der Waals surface area contributed by atoms with Gasteiger partial charge in [-0.05, 0) is 54.7 Å². The molecule has 1 aliphatic rings. The maximum absolute atomic E-state index is 13.3. The molecule has 35 heavy (non-hydrogen) atoms. The molecule has 0 saturated carbocycles. The van der Waals surface area contributed by atoms with Gasteiger partial charge in [-0.3, -0.25) is 4.79 Å². The van der Waals surface area contributed by atoms with Gasteiger partial charge in [0, 0.05) is 27.7 Å². The van der Waals surface area contributed by atoms with Crippen molar-refractivity contribution in [1.29, 1.82) is 0 Å². The van der Waals surface area contributed by atoms with Crippen molar-refractivity contribution in [3.63, 3.8) is 0 Å². The molecule has 2 heterocycles. The highest BCUT2D eigenvalue weighted by atomic mass is 35.5. The fourth-order valence-electron chi connectivity index (χ4n) is 4.50. The Bertz CT molecular complexity index is 1220. The van der Waals surface area contributed by atoms with Crippen LogP contribution in [0.2, 0.25) is 15.1 Å². The van der Waals surface area contributed by atoms with Crippen molar-refractivity contribution in [1.82, 2.24) is 15.1 Å². The van der Waals surface area contributed by atoms with Crippen molar-refractivity contribution in [2.75, 3.05) is 6.54 Å². The van der Waals surface area contributed by atoms with E-state index in [0.717, 1.165) is 23.6 Å². The first-order valence-electron chi connectivity index (χ1n) is 12.1. The predicted octanol–water partition coefficient (Wildman–Crippen LogP) is 7.97. The Kier molecular flexibility index (Phi) is 8.31. The number of fused-ring (bicyclic) bond motifs is 3. The minimum absolute atomic E-state index is 0.209. The van der Waals surface area contributed by atoms with Gasteiger partial charge in [0.05, 0.1) is 16.4 Å². The highest BCUT2D eigenvalue weighted by molar-refractivity contribution is 6.35. The number of hydrogen-bond acceptors (Lipinski definition) is 3. The number of hydrogen-bond donors (Lipinski definition) is 1. The zero-order chi connectivity index (χ0) is 25.1. The standard InChI is InChI=1S/C27H30Cl3N3O2/c1-4-17(5-2)7-6-16(3)14-31-27(34)25-21-15-35-24-13-19(29)8-10-20(24)26(21)33(32-25)23-11-9-18(28)12-22(23)30/h8-13,16-17H,4-7,14-15H2,1-3H3,(H,31,34). The molecular weight excluding hydrogens is 505 g/mol. The average molecular weight is 535 g/mol. The Morgan fingerprint density at radius 2 is 1.80 bits per heavy atom. The highest BCUT2D eigenvalue weighted by Crippen LogP contribution is 2.42. The van der Waals surface area contributed by atoms with Gasteiger partial charge >= 0.3 is 0 Å². The van der Waals surface area contributed by atoms with Gasteiger partial charge in [0.1, 0.15) is 12.4 Å². The molecule has 2 aromatic carbocycles. The molecule has 0 radical (unpaired) electrons. The Labute approximate surface area is 221 Å². The van der Waals surface area contributed by atoms with E-state index in [0.29, 0.717) is 50.2 Å². The summed E-state index contributed by atoms with van der Waals surface area (Å²) >= 11 is 18.9. The van der Waals surface area contributed by atoms with Crippen LogP contribution < -0.4 is 10.1 Å². The second kappa shape index (κ2) is 11.2. The van der Waals surface area contributed by atoms with Crippen molar-refractivity contribution in [3.8, 4) is 22.7 Å². The lowest BCUT2D eigenvalue weighted by Crippen LogP contribution is -2.30. The first kappa shape index (κ1) is 25.9. The van der Waals surface area contributed by atoms with E-state index in [1.165, 1.54) is 19.3 Å². The van der Waals surface area contributed by atoms with Crippen LogP contribution in [-0.4, -0.2) is 22.2 Å². The van der Waals surface area contributed by atoms with Crippen LogP contribution in [0.25, 0.3) is 16.9 Å². The van der Waals surface area contributed by atoms with Crippen molar-refractivity contribution in [2.24, 2.45) is 11.8 Å². The van der Waals surface area contributed by atoms with Crippen LogP contribution in [0.1, 0.15) is 62.5 Å². The van der Waals surface area contributed by atoms with E-state index in [9.17, 15) is 4.79 Å². The van der Waals surface area contributed by atoms with Gasteiger partial charge < -0.3 is 10.1 Å². The summed E-state index contributed by atoms with van der Waals surface area (Å²) in [6.45, 7) is 7.45. The molecular formula is C27H30Cl3N3O2. The second-order valence-electron chi connectivity index (χ2n) is 9.19. The van der Waals surface area contributed by atoms with Crippen LogP contribution in [0, 0.1) is 11.8 Å². The summed E-state index contributed by atoms with van der Waals surface area (Å²) in [6.07, 6.45) is 4.64. The molecule has 186 valence electrons. The topological polar surface area (TPSA) is 56.2 Å². The van der Waals surface area contributed by atoms with Crippen molar-refractivity contribution in [3.05, 3.63) is 62.7 Å². The van der Waals surface area contributed by atoms with Crippen LogP contribution in [0.4, 0.5) is 0 Å². The van der Waals surface area contributed by atoms with Crippen LogP contribution in [0.3, 0.4) is 0 Å². The third-order valence-corrected chi connectivity index (χ3v) is 7.51. The van der Waals surface area contributed by atoms with E-state index in [-0.39, 0.29) is 12.5 Å². The number of carbonyl (C=O) groups is 1. The molecule has 1 aromatic heterocycles. The van der Waals surface area contributed by atoms with E-state index < -0.39 is 0 Å². The molecule has 0 aliphatic carbocycles. The highest BCUT2D eigenvalue weighted by Gasteiger charge is 2.31. The molecule has 5 nitrogen and oxygen atoms in total. The number of carbonyl (C=O) groups excluding carboxylic acids is 1. The molecule has 1 atom stereocenters. The smallest absolute Gasteiger partial charge is 0.272 e. The fourth-order valence-corrected chi connectivity index (χ4v) is 5.16. The molecule has 0 saturated heterocycles. The lowest BCUT2D eigenvalue weighted by molar-refractivity contribution is 0.0939. The Balaban J connectivity index is 1.65. The summed E-state index contributed by atoms with van der Waals surface area (Å²) in [5.74, 6) is 1.53. The molecule has 0 bridgehead atoms. The Morgan fingerprint density at radius 1 is 1.09 bits per heavy atom. The van der Waals surface area contributed by atoms with Crippen molar-refractivity contribution in [2.45, 2.75) is 53.1 Å². The largest absolute Gasteiger partial charge is 0.488 e. The van der Waals surface area contributed by atoms with Gasteiger partial charge in [-0.25, -0.2) is 4.68 Å². The number of benzene rings is 2. The molecule has 0 fully saturated rings. The summed E-state index contributed by atoms with van der Waals surface area (Å²) in [4.78, 5) is 13.3. The van der Waals surface area contributed by atoms with Gasteiger partial charge in [-0.15, -0.1) is 0 Å². The summed E-state index contributed by atoms with van der Waals surface area (Å²) in [5, 5.41) is 9.33. The van der Waals surface area contributed by atoms with Crippen molar-refractivity contribution >= 4 is 40.7 Å². The monoisotopic (exact) mass is 533 g/mol. The van der Waals surface area contributed by atoms with Gasteiger partial charge in [0.15, 0.2) is 5.69 Å². The lowest BCUT2D eigenvalue weighted by Gasteiger charge is -2.20. The number of nitrogens with zero attached hydrogens (tertiary/aromatic N) is 2. The minimum Gasteiger partial charge on any atom is -0.488 e. The molecule has 1 unspecified atom stereocenters. The normalized spacial score (nSPS) is 13.2. The Morgan fingerprint density at radius 3 is 2.51 bits per heavy atom. The van der Waals surface area contributed by atoms with E-state index in [1.807, 2.05) is 6.07 Å². The molecule has 0 spiro atoms. The number of halogens is 3. The van der Waals surface area contributed by atoms with Gasteiger partial charge in [0.25, 0.3) is 5.91 Å². The molecule has 3 aromatic rings. The SMILES string of the molecule is CCC(CC)CCC(C)CNC(=O)c1nn(-c2ccc(Cl)cc2Cl)c2c1COc1cc(Cl)ccc1-2. The summed E-state index contributed by atoms with van der Waals surface area (Å²) in [7, 11) is 0. The first-order chi connectivity index (χ1) is 16.8. The van der Waals surface area contributed by atoms with E-state index >= 15 is 0 Å². The van der Waals surface area contributed by atoms with Crippen LogP contribution >= 0.6 is 34.8 Å². The number of nitrogens with one attached hydrogen (secondary N) is 1. The zero-order valence-corrected chi connectivity index (χ0v) is 22.5. The van der Waals surface area contributed by atoms with E-state index in [4.69, 9.17) is 44.6 Å². The average Bonchev–Trinajstić information content (AvgIpc) is 3.22. The summed E-state index contributed by atoms with van der Waals surface area (Å²) in [6, 6.07) is 10.6. The molecule has 1 aliphatic heterocycles. The maximum Gasteiger partial charge on any atom is 0.272 e. The van der Waals surface area contributed by atoms with Crippen molar-refractivity contribution < 1.29 is 9.53 Å². The third kappa shape index (κ3) is 5.63. The molecule has 8 heteroatoms. The van der Waals surface area contributed by atoms with E-state index in [1.54, 1.807) is 35.0 Å². The van der Waals surface area contributed by atoms with Crippen LogP contribution in [-0.2, 0) is 6.61 Å². The van der Waals surface area contributed by atoms with Crippen LogP contribution in [0.15, 0.2) is 36.4 Å². The molecule has 1 amide bonds.